The molecule has 1 fully saturated rings. The average molecular weight is 931 g/mol. The monoisotopic (exact) mass is 930 g/mol. The second-order valence-corrected chi connectivity index (χ2v) is 18.1. The Morgan fingerprint density at radius 1 is 0.702 bits per heavy atom. The van der Waals surface area contributed by atoms with Gasteiger partial charge in [0.05, 0.1) is 0 Å². The van der Waals surface area contributed by atoms with E-state index in [1.54, 1.807) is 0 Å². The van der Waals surface area contributed by atoms with Gasteiger partial charge in [-0.15, -0.1) is 47.0 Å². The van der Waals surface area contributed by atoms with Crippen molar-refractivity contribution in [2.24, 2.45) is 10.8 Å². The maximum atomic E-state index is 6.77. The molecule has 57 heavy (non-hydrogen) atoms. The summed E-state index contributed by atoms with van der Waals surface area (Å²) >= 11 is 0. The van der Waals surface area contributed by atoms with Gasteiger partial charge in [-0.05, 0) is 83.0 Å². The maximum absolute atomic E-state index is 6.77. The van der Waals surface area contributed by atoms with E-state index in [9.17, 15) is 0 Å². The Hall–Kier alpha value is -4.86. The molecule has 0 bridgehead atoms. The summed E-state index contributed by atoms with van der Waals surface area (Å²) in [5.41, 5.74) is 8.72. The number of nitrogens with zero attached hydrogens (tertiary/aromatic N) is 4. The first-order chi connectivity index (χ1) is 26.8. The molecule has 3 heterocycles. The third-order valence-corrected chi connectivity index (χ3v) is 12.8. The molecule has 5 aromatic carbocycles. The number of hydrogen-bond acceptors (Lipinski definition) is 4. The van der Waals surface area contributed by atoms with E-state index in [4.69, 9.17) is 9.72 Å². The van der Waals surface area contributed by atoms with Crippen LogP contribution in [0.4, 0.5) is 17.1 Å². The van der Waals surface area contributed by atoms with Crippen molar-refractivity contribution in [3.8, 4) is 17.3 Å². The van der Waals surface area contributed by atoms with Gasteiger partial charge in [0.1, 0.15) is 5.82 Å². The van der Waals surface area contributed by atoms with E-state index in [0.717, 1.165) is 57.5 Å². The summed E-state index contributed by atoms with van der Waals surface area (Å²) < 4.78 is 9.05. The molecular weight excluding hydrogens is 880 g/mol. The van der Waals surface area contributed by atoms with E-state index in [2.05, 4.69) is 198 Å². The van der Waals surface area contributed by atoms with Gasteiger partial charge in [-0.1, -0.05) is 121 Å². The molecule has 0 unspecified atom stereocenters. The second kappa shape index (κ2) is 14.2. The summed E-state index contributed by atoms with van der Waals surface area (Å²) in [6, 6.07) is 48.7. The Labute approximate surface area is 353 Å². The fourth-order valence-electron chi connectivity index (χ4n) is 10.3. The van der Waals surface area contributed by atoms with Gasteiger partial charge in [-0.25, -0.2) is 4.98 Å². The van der Waals surface area contributed by atoms with E-state index >= 15 is 0 Å². The molecule has 0 saturated heterocycles. The van der Waals surface area contributed by atoms with Crippen molar-refractivity contribution < 1.29 is 25.8 Å². The van der Waals surface area contributed by atoms with Crippen LogP contribution in [0.15, 0.2) is 121 Å². The minimum atomic E-state index is -0.234. The van der Waals surface area contributed by atoms with Crippen molar-refractivity contribution in [2.45, 2.75) is 78.6 Å². The SMILES string of the molecule is CN1[CH-]N(c2[c-]c(Oc3[c-]c4c(cc3)c3ccccc3n4-c3cc(C4(c5ccccc5)C(C)(C)CCCC4(C)C)ccn3)cc(C(C)(C)C)c2)c2ccccc21.[Pt]. The molecule has 6 heteroatoms. The van der Waals surface area contributed by atoms with Gasteiger partial charge in [0.25, 0.3) is 0 Å². The average Bonchev–Trinajstić information content (AvgIpc) is 3.68. The Balaban J connectivity index is 0.00000455. The molecular formula is C51H51N4OPt-3. The fourth-order valence-corrected chi connectivity index (χ4v) is 10.3. The fraction of sp³-hybridized carbons (Fsp3) is 0.294. The Bertz CT molecular complexity index is 2580. The van der Waals surface area contributed by atoms with Crippen LogP contribution in [0.2, 0.25) is 0 Å². The first kappa shape index (κ1) is 39.0. The van der Waals surface area contributed by atoms with Crippen LogP contribution in [0.25, 0.3) is 27.6 Å². The van der Waals surface area contributed by atoms with Gasteiger partial charge in [-0.2, -0.15) is 12.7 Å². The first-order valence-electron chi connectivity index (χ1n) is 20.0. The smallest absolute Gasteiger partial charge is 0.135 e. The van der Waals surface area contributed by atoms with E-state index < -0.39 is 0 Å². The topological polar surface area (TPSA) is 33.5 Å². The summed E-state index contributed by atoms with van der Waals surface area (Å²) in [5, 5.41) is 2.26. The molecule has 0 amide bonds. The molecule has 1 saturated carbocycles. The van der Waals surface area contributed by atoms with Crippen molar-refractivity contribution in [2.75, 3.05) is 16.8 Å². The Kier molecular flexibility index (Phi) is 9.71. The summed E-state index contributed by atoms with van der Waals surface area (Å²) in [6.07, 6.45) is 5.54. The zero-order valence-corrected chi connectivity index (χ0v) is 36.5. The molecule has 2 aliphatic rings. The zero-order valence-electron chi connectivity index (χ0n) is 34.3. The number of aromatic nitrogens is 2. The molecule has 294 valence electrons. The minimum absolute atomic E-state index is 0. The van der Waals surface area contributed by atoms with Gasteiger partial charge in [-0.3, -0.25) is 0 Å². The van der Waals surface area contributed by atoms with E-state index in [0.29, 0.717) is 11.5 Å². The predicted octanol–water partition coefficient (Wildman–Crippen LogP) is 13.1. The summed E-state index contributed by atoms with van der Waals surface area (Å²) in [4.78, 5) is 9.45. The van der Waals surface area contributed by atoms with Crippen LogP contribution < -0.4 is 14.5 Å². The van der Waals surface area contributed by atoms with Crippen LogP contribution in [0.3, 0.4) is 0 Å². The van der Waals surface area contributed by atoms with Gasteiger partial charge in [0.2, 0.25) is 0 Å². The van der Waals surface area contributed by atoms with Crippen molar-refractivity contribution in [3.63, 3.8) is 0 Å². The van der Waals surface area contributed by atoms with E-state index in [1.807, 2.05) is 12.3 Å². The van der Waals surface area contributed by atoms with Crippen molar-refractivity contribution in [1.82, 2.24) is 9.55 Å². The van der Waals surface area contributed by atoms with Crippen LogP contribution in [0, 0.1) is 29.6 Å². The van der Waals surface area contributed by atoms with Crippen LogP contribution in [0.1, 0.15) is 84.4 Å². The van der Waals surface area contributed by atoms with E-state index in [-0.39, 0.29) is 42.7 Å². The summed E-state index contributed by atoms with van der Waals surface area (Å²) in [7, 11) is 2.08. The van der Waals surface area contributed by atoms with Crippen LogP contribution in [-0.2, 0) is 31.9 Å². The summed E-state index contributed by atoms with van der Waals surface area (Å²) in [6.45, 7) is 18.7. The van der Waals surface area contributed by atoms with Gasteiger partial charge in [0.15, 0.2) is 0 Å². The normalized spacial score (nSPS) is 17.1. The number of hydrogen-bond donors (Lipinski definition) is 0. The Morgan fingerprint density at radius 2 is 1.39 bits per heavy atom. The van der Waals surface area contributed by atoms with Gasteiger partial charge in [0, 0.05) is 61.1 Å². The number of para-hydroxylation sites is 3. The first-order valence-corrected chi connectivity index (χ1v) is 20.0. The standard InChI is InChI=1S/C51H51N4O.Pt/c1-48(2,3)37-29-38(54-34-53(8)44-21-14-15-22-45(44)54)32-40(30-37)56-39-23-24-42-41-19-12-13-20-43(41)55(46(42)33-39)47-31-36(25-28-52-47)51(35-17-10-9-11-18-35)49(4,5)26-16-27-50(51,6)7;/h9-15,17-25,28-31,34H,16,26-27H2,1-8H3;/q-3;. The molecule has 7 aromatic rings. The predicted molar refractivity (Wildman–Crippen MR) is 231 cm³/mol. The number of ether oxygens (including phenoxy) is 1. The second-order valence-electron chi connectivity index (χ2n) is 18.1. The quantitative estimate of drug-likeness (QED) is 0.156. The molecule has 0 radical (unpaired) electrons. The summed E-state index contributed by atoms with van der Waals surface area (Å²) in [5.74, 6) is 2.16. The van der Waals surface area contributed by atoms with Crippen LogP contribution in [0.5, 0.6) is 11.5 Å². The van der Waals surface area contributed by atoms with Crippen LogP contribution >= 0.6 is 0 Å². The number of pyridine rings is 1. The largest absolute Gasteiger partial charge is 0.509 e. The van der Waals surface area contributed by atoms with Gasteiger partial charge < -0.3 is 19.1 Å². The number of anilines is 3. The number of fused-ring (bicyclic) bond motifs is 4. The molecule has 2 aromatic heterocycles. The number of rotatable bonds is 6. The number of benzene rings is 5. The Morgan fingerprint density at radius 3 is 2.12 bits per heavy atom. The van der Waals surface area contributed by atoms with Crippen molar-refractivity contribution in [3.05, 3.63) is 157 Å². The third-order valence-electron chi connectivity index (χ3n) is 12.8. The third kappa shape index (κ3) is 6.29. The molecule has 9 rings (SSSR count). The van der Waals surface area contributed by atoms with Crippen molar-refractivity contribution in [1.29, 1.82) is 0 Å². The minimum Gasteiger partial charge on any atom is -0.509 e. The van der Waals surface area contributed by atoms with E-state index in [1.165, 1.54) is 23.1 Å². The molecule has 0 N–H and O–H groups in total. The molecule has 5 nitrogen and oxygen atoms in total. The maximum Gasteiger partial charge on any atom is 0.135 e. The molecule has 1 aliphatic carbocycles. The zero-order chi connectivity index (χ0) is 39.0. The molecule has 1 aliphatic heterocycles. The molecule has 0 atom stereocenters. The van der Waals surface area contributed by atoms with Gasteiger partial charge >= 0.3 is 0 Å². The molecule has 0 spiro atoms. The van der Waals surface area contributed by atoms with Crippen LogP contribution in [-0.4, -0.2) is 16.6 Å². The van der Waals surface area contributed by atoms with Crippen molar-refractivity contribution >= 4 is 38.9 Å².